The highest BCUT2D eigenvalue weighted by atomic mass is 35.5. The number of benzene rings is 2. The van der Waals surface area contributed by atoms with E-state index in [4.69, 9.17) is 11.6 Å². The van der Waals surface area contributed by atoms with Crippen LogP contribution < -0.4 is 15.2 Å². The van der Waals surface area contributed by atoms with Crippen molar-refractivity contribution in [3.8, 4) is 0 Å². The number of carbonyl (C=O) groups excluding carboxylic acids is 1. The number of rotatable bonds is 7. The van der Waals surface area contributed by atoms with Crippen molar-refractivity contribution >= 4 is 29.4 Å². The largest absolute Gasteiger partial charge is 0.322 e. The van der Waals surface area contributed by atoms with Gasteiger partial charge in [-0.25, -0.2) is 5.43 Å². The van der Waals surface area contributed by atoms with Gasteiger partial charge < -0.3 is 9.80 Å². The van der Waals surface area contributed by atoms with Crippen molar-refractivity contribution in [2.45, 2.75) is 6.54 Å². The van der Waals surface area contributed by atoms with Crippen molar-refractivity contribution in [1.29, 1.82) is 0 Å². The molecule has 0 aromatic heterocycles. The highest BCUT2D eigenvalue weighted by Crippen LogP contribution is 2.20. The maximum atomic E-state index is 12.1. The molecule has 2 aromatic rings. The van der Waals surface area contributed by atoms with E-state index < -0.39 is 4.92 Å². The predicted octanol–water partition coefficient (Wildman–Crippen LogP) is -0.318. The molecule has 3 rings (SSSR count). The molecule has 0 unspecified atom stereocenters. The molecule has 152 valence electrons. The van der Waals surface area contributed by atoms with Gasteiger partial charge in [-0.3, -0.25) is 14.9 Å². The zero-order valence-corrected chi connectivity index (χ0v) is 16.7. The van der Waals surface area contributed by atoms with E-state index in [1.165, 1.54) is 39.8 Å². The van der Waals surface area contributed by atoms with E-state index in [0.717, 1.165) is 32.7 Å². The molecule has 8 nitrogen and oxygen atoms in total. The molecule has 3 N–H and O–H groups in total. The first-order valence-corrected chi connectivity index (χ1v) is 9.86. The second kappa shape index (κ2) is 10.1. The van der Waals surface area contributed by atoms with Crippen LogP contribution in [0.1, 0.15) is 11.1 Å². The number of hydrogen-bond donors (Lipinski definition) is 3. The van der Waals surface area contributed by atoms with E-state index in [1.54, 1.807) is 0 Å². The Kier molecular flexibility index (Phi) is 7.29. The zero-order valence-electron chi connectivity index (χ0n) is 15.9. The molecule has 1 saturated heterocycles. The van der Waals surface area contributed by atoms with Gasteiger partial charge in [0, 0.05) is 28.3 Å². The first-order chi connectivity index (χ1) is 14.0. The van der Waals surface area contributed by atoms with Crippen LogP contribution >= 0.6 is 11.6 Å². The molecule has 0 aliphatic carbocycles. The lowest BCUT2D eigenvalue weighted by atomic mass is 10.2. The smallest absolute Gasteiger partial charge is 0.295 e. The Bertz CT molecular complexity index is 883. The number of hydrazone groups is 1. The average molecular weight is 418 g/mol. The van der Waals surface area contributed by atoms with E-state index in [0.29, 0.717) is 17.1 Å². The lowest BCUT2D eigenvalue weighted by Gasteiger charge is -2.29. The summed E-state index contributed by atoms with van der Waals surface area (Å²) in [5, 5.41) is 15.1. The maximum Gasteiger partial charge on any atom is 0.295 e. The molecule has 1 aliphatic rings. The van der Waals surface area contributed by atoms with Gasteiger partial charge in [0.15, 0.2) is 6.54 Å². The van der Waals surface area contributed by atoms with E-state index in [-0.39, 0.29) is 11.6 Å². The Morgan fingerprint density at radius 1 is 1.14 bits per heavy atom. The number of amides is 1. The summed E-state index contributed by atoms with van der Waals surface area (Å²) in [6.45, 7) is 5.24. The second-order valence-corrected chi connectivity index (χ2v) is 7.50. The minimum Gasteiger partial charge on any atom is -0.322 e. The number of nitrogens with one attached hydrogen (secondary N) is 3. The Morgan fingerprint density at radius 2 is 1.83 bits per heavy atom. The van der Waals surface area contributed by atoms with Crippen LogP contribution in [0.25, 0.3) is 0 Å². The molecule has 0 saturated carbocycles. The van der Waals surface area contributed by atoms with Gasteiger partial charge in [0.25, 0.3) is 11.6 Å². The normalized spacial score (nSPS) is 19.2. The summed E-state index contributed by atoms with van der Waals surface area (Å²) in [6.07, 6.45) is 1.32. The highest BCUT2D eigenvalue weighted by molar-refractivity contribution is 6.33. The Balaban J connectivity index is 1.43. The summed E-state index contributed by atoms with van der Waals surface area (Å²) < 4.78 is 0. The van der Waals surface area contributed by atoms with Crippen LogP contribution in [0.4, 0.5) is 5.69 Å². The van der Waals surface area contributed by atoms with Crippen molar-refractivity contribution in [2.24, 2.45) is 5.10 Å². The lowest BCUT2D eigenvalue weighted by molar-refractivity contribution is -1.02. The Morgan fingerprint density at radius 3 is 2.52 bits per heavy atom. The van der Waals surface area contributed by atoms with E-state index in [1.807, 2.05) is 6.07 Å². The van der Waals surface area contributed by atoms with Gasteiger partial charge in [-0.1, -0.05) is 41.9 Å². The number of piperazine rings is 1. The van der Waals surface area contributed by atoms with Crippen LogP contribution in [0.3, 0.4) is 0 Å². The number of carbonyl (C=O) groups is 1. The summed E-state index contributed by atoms with van der Waals surface area (Å²) in [4.78, 5) is 25.2. The molecule has 29 heavy (non-hydrogen) atoms. The van der Waals surface area contributed by atoms with Gasteiger partial charge in [0.1, 0.15) is 32.7 Å². The number of halogens is 1. The molecule has 9 heteroatoms. The second-order valence-electron chi connectivity index (χ2n) is 7.10. The lowest BCUT2D eigenvalue weighted by Crippen LogP contribution is -3.28. The highest BCUT2D eigenvalue weighted by Gasteiger charge is 2.24. The molecule has 0 bridgehead atoms. The van der Waals surface area contributed by atoms with Crippen LogP contribution in [0, 0.1) is 10.1 Å². The van der Waals surface area contributed by atoms with Crippen molar-refractivity contribution < 1.29 is 19.5 Å². The van der Waals surface area contributed by atoms with Crippen LogP contribution in [0.2, 0.25) is 5.02 Å². The number of quaternary nitrogens is 2. The van der Waals surface area contributed by atoms with Crippen molar-refractivity contribution in [3.63, 3.8) is 0 Å². The third-order valence-electron chi connectivity index (χ3n) is 4.96. The molecule has 0 atom stereocenters. The van der Waals surface area contributed by atoms with Crippen LogP contribution in [0.15, 0.2) is 53.6 Å². The molecular formula is C20H24ClN5O3+2. The van der Waals surface area contributed by atoms with Crippen molar-refractivity contribution in [2.75, 3.05) is 32.7 Å². The number of nitro benzene ring substituents is 1. The maximum absolute atomic E-state index is 12.1. The molecule has 2 aromatic carbocycles. The fraction of sp³-hybridized carbons (Fsp3) is 0.300. The fourth-order valence-electron chi connectivity index (χ4n) is 3.38. The third kappa shape index (κ3) is 6.35. The number of nitrogens with zero attached hydrogens (tertiary/aromatic N) is 2. The van der Waals surface area contributed by atoms with Gasteiger partial charge >= 0.3 is 0 Å². The Hall–Kier alpha value is -2.81. The summed E-state index contributed by atoms with van der Waals surface area (Å²) in [6, 6.07) is 14.5. The number of nitro groups is 1. The minimum absolute atomic E-state index is 0.0810. The summed E-state index contributed by atoms with van der Waals surface area (Å²) in [5.41, 5.74) is 4.11. The minimum atomic E-state index is -0.505. The van der Waals surface area contributed by atoms with Gasteiger partial charge in [0.2, 0.25) is 0 Å². The van der Waals surface area contributed by atoms with E-state index in [9.17, 15) is 14.9 Å². The van der Waals surface area contributed by atoms with Crippen LogP contribution in [-0.4, -0.2) is 49.8 Å². The standard InChI is InChI=1S/C20H22ClN5O3/c21-19-7-6-18(26(28)29)12-17(19)13-22-23-20(27)15-25-10-8-24(9-11-25)14-16-4-2-1-3-5-16/h1-7,12-13H,8-11,14-15H2,(H,23,27)/p+2. The quantitative estimate of drug-likeness (QED) is 0.327. The zero-order chi connectivity index (χ0) is 20.6. The number of non-ortho nitro benzene ring substituents is 1. The monoisotopic (exact) mass is 417 g/mol. The summed E-state index contributed by atoms with van der Waals surface area (Å²) >= 11 is 6.01. The third-order valence-corrected chi connectivity index (χ3v) is 5.30. The molecule has 0 spiro atoms. The van der Waals surface area contributed by atoms with Crippen molar-refractivity contribution in [1.82, 2.24) is 5.43 Å². The Labute approximate surface area is 173 Å². The van der Waals surface area contributed by atoms with Crippen LogP contribution in [-0.2, 0) is 11.3 Å². The first-order valence-electron chi connectivity index (χ1n) is 9.48. The van der Waals surface area contributed by atoms with E-state index >= 15 is 0 Å². The topological polar surface area (TPSA) is 93.5 Å². The predicted molar refractivity (Wildman–Crippen MR) is 110 cm³/mol. The molecule has 1 fully saturated rings. The van der Waals surface area contributed by atoms with Gasteiger partial charge in [-0.15, -0.1) is 0 Å². The fourth-order valence-corrected chi connectivity index (χ4v) is 3.55. The summed E-state index contributed by atoms with van der Waals surface area (Å²) in [7, 11) is 0. The molecule has 1 aliphatic heterocycles. The number of hydrogen-bond acceptors (Lipinski definition) is 4. The van der Waals surface area contributed by atoms with E-state index in [2.05, 4.69) is 34.8 Å². The van der Waals surface area contributed by atoms with Gasteiger partial charge in [-0.2, -0.15) is 5.10 Å². The average Bonchev–Trinajstić information content (AvgIpc) is 2.71. The molecule has 1 amide bonds. The van der Waals surface area contributed by atoms with Gasteiger partial charge in [-0.05, 0) is 6.07 Å². The summed E-state index contributed by atoms with van der Waals surface area (Å²) in [5.74, 6) is -0.190. The SMILES string of the molecule is O=C(C[NH+]1CC[NH+](Cc2ccccc2)CC1)NN=Cc1cc([N+](=O)[O-])ccc1Cl. The van der Waals surface area contributed by atoms with Crippen LogP contribution in [0.5, 0.6) is 0 Å². The van der Waals surface area contributed by atoms with Gasteiger partial charge in [0.05, 0.1) is 11.1 Å². The first kappa shape index (κ1) is 20.9. The van der Waals surface area contributed by atoms with Crippen molar-refractivity contribution in [3.05, 3.63) is 74.8 Å². The molecule has 0 radical (unpaired) electrons. The molecular weight excluding hydrogens is 394 g/mol. The molecule has 1 heterocycles.